The van der Waals surface area contributed by atoms with Gasteiger partial charge in [-0.25, -0.2) is 13.4 Å². The number of benzene rings is 2. The molecule has 0 atom stereocenters. The van der Waals surface area contributed by atoms with E-state index in [0.717, 1.165) is 5.56 Å². The summed E-state index contributed by atoms with van der Waals surface area (Å²) in [6.07, 6.45) is 4.71. The van der Waals surface area contributed by atoms with Crippen LogP contribution in [0.2, 0.25) is 0 Å². The summed E-state index contributed by atoms with van der Waals surface area (Å²) in [5.74, 6) is 0.163. The van der Waals surface area contributed by atoms with E-state index in [2.05, 4.69) is 20.3 Å². The molecule has 2 heterocycles. The van der Waals surface area contributed by atoms with Gasteiger partial charge in [0, 0.05) is 30.1 Å². The van der Waals surface area contributed by atoms with Crippen molar-refractivity contribution in [1.29, 1.82) is 0 Å². The van der Waals surface area contributed by atoms with Crippen LogP contribution in [-0.2, 0) is 28.7 Å². The van der Waals surface area contributed by atoms with Crippen LogP contribution in [0.3, 0.4) is 0 Å². The van der Waals surface area contributed by atoms with Crippen LogP contribution in [0.15, 0.2) is 76.4 Å². The third-order valence-corrected chi connectivity index (χ3v) is 6.82. The molecule has 0 fully saturated rings. The predicted molar refractivity (Wildman–Crippen MR) is 125 cm³/mol. The highest BCUT2D eigenvalue weighted by molar-refractivity contribution is 7.90. The van der Waals surface area contributed by atoms with Crippen molar-refractivity contribution in [3.63, 3.8) is 0 Å². The Balaban J connectivity index is 1.45. The smallest absolute Gasteiger partial charge is 0.251 e. The fourth-order valence-electron chi connectivity index (χ4n) is 3.24. The number of carbonyl (C=O) groups excluding carboxylic acids is 1. The van der Waals surface area contributed by atoms with Crippen LogP contribution >= 0.6 is 0 Å². The fourth-order valence-corrected chi connectivity index (χ4v) is 4.59. The Hall–Kier alpha value is -3.89. The topological polar surface area (TPSA) is 141 Å². The first kappa shape index (κ1) is 23.3. The van der Waals surface area contributed by atoms with E-state index in [-0.39, 0.29) is 29.0 Å². The minimum atomic E-state index is -3.60. The molecule has 34 heavy (non-hydrogen) atoms. The Bertz CT molecular complexity index is 1380. The third kappa shape index (κ3) is 5.36. The largest absolute Gasteiger partial charge is 0.441 e. The molecule has 10 heteroatoms. The van der Waals surface area contributed by atoms with Gasteiger partial charge >= 0.3 is 0 Å². The fraction of sp³-hybridized carbons (Fsp3) is 0.167. The molecule has 4 rings (SSSR count). The van der Waals surface area contributed by atoms with Gasteiger partial charge in [0.2, 0.25) is 5.89 Å². The molecule has 0 saturated heterocycles. The zero-order chi connectivity index (χ0) is 24.1. The number of amides is 1. The van der Waals surface area contributed by atoms with Crippen molar-refractivity contribution in [3.05, 3.63) is 95.4 Å². The van der Waals surface area contributed by atoms with E-state index in [0.29, 0.717) is 34.8 Å². The summed E-state index contributed by atoms with van der Waals surface area (Å²) in [5.41, 5.74) is 8.51. The molecule has 0 saturated carbocycles. The Morgan fingerprint density at radius 3 is 2.44 bits per heavy atom. The first-order valence-corrected chi connectivity index (χ1v) is 12.1. The molecular weight excluding hydrogens is 454 g/mol. The lowest BCUT2D eigenvalue weighted by molar-refractivity contribution is 0.0950. The first-order valence-electron chi connectivity index (χ1n) is 10.5. The van der Waals surface area contributed by atoms with Crippen molar-refractivity contribution in [3.8, 4) is 11.5 Å². The molecule has 1 amide bonds. The Kier molecular flexibility index (Phi) is 6.80. The Morgan fingerprint density at radius 1 is 1.06 bits per heavy atom. The lowest BCUT2D eigenvalue weighted by Gasteiger charge is -2.05. The molecule has 3 N–H and O–H groups in total. The van der Waals surface area contributed by atoms with Gasteiger partial charge in [-0.3, -0.25) is 14.8 Å². The molecule has 2 aromatic carbocycles. The lowest BCUT2D eigenvalue weighted by atomic mass is 10.1. The molecule has 9 nitrogen and oxygen atoms in total. The molecule has 0 radical (unpaired) electrons. The molecule has 4 aromatic rings. The summed E-state index contributed by atoms with van der Waals surface area (Å²) >= 11 is 0. The highest BCUT2D eigenvalue weighted by Crippen LogP contribution is 2.25. The number of hydrogen-bond donors (Lipinski definition) is 2. The Labute approximate surface area is 197 Å². The van der Waals surface area contributed by atoms with Gasteiger partial charge in [0.15, 0.2) is 9.84 Å². The maximum atomic E-state index is 12.8. The van der Waals surface area contributed by atoms with E-state index < -0.39 is 9.84 Å². The van der Waals surface area contributed by atoms with Crippen molar-refractivity contribution in [2.24, 2.45) is 5.73 Å². The number of nitrogens with one attached hydrogen (secondary N) is 1. The Morgan fingerprint density at radius 2 is 1.79 bits per heavy atom. The van der Waals surface area contributed by atoms with Gasteiger partial charge < -0.3 is 15.5 Å². The second-order valence-electron chi connectivity index (χ2n) is 7.59. The number of nitrogens with zero attached hydrogens (tertiary/aromatic N) is 3. The maximum Gasteiger partial charge on any atom is 0.251 e. The molecule has 0 aliphatic carbocycles. The van der Waals surface area contributed by atoms with E-state index in [4.69, 9.17) is 10.2 Å². The normalized spacial score (nSPS) is 11.4. The molecular formula is C24H23N5O4S. The van der Waals surface area contributed by atoms with Gasteiger partial charge in [-0.15, -0.1) is 0 Å². The maximum absolute atomic E-state index is 12.8. The SMILES string of the molecule is Cc1oc(-c2ccc(C(=O)NCc3cnccn3)cc2)nc1CS(=O)(=O)c1ccc(CN)cc1. The average molecular weight is 478 g/mol. The highest BCUT2D eigenvalue weighted by atomic mass is 32.2. The van der Waals surface area contributed by atoms with Gasteiger partial charge in [0.25, 0.3) is 5.91 Å². The summed E-state index contributed by atoms with van der Waals surface area (Å²) in [7, 11) is -3.60. The first-order chi connectivity index (χ1) is 16.4. The van der Waals surface area contributed by atoms with E-state index in [1.54, 1.807) is 74.0 Å². The standard InChI is InChI=1S/C24H23N5O4S/c1-16-22(15-34(31,32)21-8-2-17(12-25)3-9-21)29-24(33-16)19-6-4-18(5-7-19)23(30)28-14-20-13-26-10-11-27-20/h2-11,13H,12,14-15,25H2,1H3,(H,28,30). The van der Waals surface area contributed by atoms with Gasteiger partial charge in [0.05, 0.1) is 29.0 Å². The van der Waals surface area contributed by atoms with E-state index in [1.165, 1.54) is 0 Å². The summed E-state index contributed by atoms with van der Waals surface area (Å²) in [4.78, 5) is 25.1. The summed E-state index contributed by atoms with van der Waals surface area (Å²) < 4.78 is 31.4. The highest BCUT2D eigenvalue weighted by Gasteiger charge is 2.21. The molecule has 0 bridgehead atoms. The number of aryl methyl sites for hydroxylation is 1. The minimum absolute atomic E-state index is 0.200. The van der Waals surface area contributed by atoms with Crippen LogP contribution in [0.1, 0.15) is 33.1 Å². The zero-order valence-electron chi connectivity index (χ0n) is 18.4. The van der Waals surface area contributed by atoms with Crippen LogP contribution in [0.25, 0.3) is 11.5 Å². The van der Waals surface area contributed by atoms with Gasteiger partial charge in [-0.05, 0) is 48.9 Å². The lowest BCUT2D eigenvalue weighted by Crippen LogP contribution is -2.23. The second-order valence-corrected chi connectivity index (χ2v) is 9.58. The summed E-state index contributed by atoms with van der Waals surface area (Å²) in [6, 6.07) is 13.2. The van der Waals surface area contributed by atoms with Crippen molar-refractivity contribution in [2.45, 2.75) is 30.7 Å². The number of carbonyl (C=O) groups is 1. The van der Waals surface area contributed by atoms with Gasteiger partial charge in [-0.2, -0.15) is 0 Å². The number of aromatic nitrogens is 3. The molecule has 2 aromatic heterocycles. The number of rotatable bonds is 8. The number of nitrogens with two attached hydrogens (primary N) is 1. The van der Waals surface area contributed by atoms with Crippen LogP contribution in [0, 0.1) is 6.92 Å². The minimum Gasteiger partial charge on any atom is -0.441 e. The number of oxazole rings is 1. The quantitative estimate of drug-likeness (QED) is 0.395. The summed E-state index contributed by atoms with van der Waals surface area (Å²) in [6.45, 7) is 2.28. The van der Waals surface area contributed by atoms with E-state index in [9.17, 15) is 13.2 Å². The monoisotopic (exact) mass is 477 g/mol. The van der Waals surface area contributed by atoms with E-state index >= 15 is 0 Å². The van der Waals surface area contributed by atoms with Crippen molar-refractivity contribution >= 4 is 15.7 Å². The second kappa shape index (κ2) is 9.94. The summed E-state index contributed by atoms with van der Waals surface area (Å²) in [5, 5.41) is 2.78. The molecule has 0 aliphatic heterocycles. The van der Waals surface area contributed by atoms with Crippen molar-refractivity contribution in [1.82, 2.24) is 20.3 Å². The van der Waals surface area contributed by atoms with Gasteiger partial charge in [0.1, 0.15) is 11.5 Å². The average Bonchev–Trinajstić information content (AvgIpc) is 3.22. The predicted octanol–water partition coefficient (Wildman–Crippen LogP) is 2.80. The van der Waals surface area contributed by atoms with Gasteiger partial charge in [-0.1, -0.05) is 12.1 Å². The van der Waals surface area contributed by atoms with Crippen LogP contribution < -0.4 is 11.1 Å². The van der Waals surface area contributed by atoms with Crippen LogP contribution in [0.4, 0.5) is 0 Å². The molecule has 0 aliphatic rings. The zero-order valence-corrected chi connectivity index (χ0v) is 19.2. The van der Waals surface area contributed by atoms with Crippen LogP contribution in [-0.4, -0.2) is 29.3 Å². The molecule has 0 spiro atoms. The van der Waals surface area contributed by atoms with Crippen molar-refractivity contribution < 1.29 is 17.6 Å². The molecule has 174 valence electrons. The van der Waals surface area contributed by atoms with Crippen molar-refractivity contribution in [2.75, 3.05) is 0 Å². The van der Waals surface area contributed by atoms with E-state index in [1.807, 2.05) is 0 Å². The number of hydrogen-bond acceptors (Lipinski definition) is 8. The third-order valence-electron chi connectivity index (χ3n) is 5.18. The number of sulfone groups is 1. The van der Waals surface area contributed by atoms with Crippen LogP contribution in [0.5, 0.6) is 0 Å². The molecule has 0 unspecified atom stereocenters.